The zero-order valence-corrected chi connectivity index (χ0v) is 44.4. The fraction of sp³-hybridized carbons (Fsp3) is 0.544. The van der Waals surface area contributed by atoms with Crippen LogP contribution in [0.25, 0.3) is 11.0 Å². The Labute approximate surface area is 444 Å². The number of nitrogens with one attached hydrogen (secondary N) is 3. The van der Waals surface area contributed by atoms with Crippen molar-refractivity contribution in [2.45, 2.75) is 125 Å². The number of aromatic amines is 1. The normalized spacial score (nSPS) is 27.3. The number of pyridine rings is 1. The summed E-state index contributed by atoms with van der Waals surface area (Å²) in [6.07, 6.45) is 11.5. The predicted octanol–water partition coefficient (Wildman–Crippen LogP) is 8.23. The van der Waals surface area contributed by atoms with Crippen LogP contribution in [0.1, 0.15) is 105 Å². The van der Waals surface area contributed by atoms with Crippen LogP contribution in [0.5, 0.6) is 5.88 Å². The third-order valence-corrected chi connectivity index (χ3v) is 19.6. The molecule has 7 aliphatic rings. The molecule has 2 aromatic heterocycles. The van der Waals surface area contributed by atoms with Gasteiger partial charge in [0.2, 0.25) is 5.88 Å². The topological polar surface area (TPSA) is 208 Å². The van der Waals surface area contributed by atoms with Crippen molar-refractivity contribution in [1.82, 2.24) is 24.5 Å². The van der Waals surface area contributed by atoms with Crippen LogP contribution in [0.4, 0.5) is 28.4 Å². The van der Waals surface area contributed by atoms with E-state index in [1.807, 2.05) is 37.4 Å². The molecule has 19 heteroatoms. The minimum atomic E-state index is -4.62. The highest BCUT2D eigenvalue weighted by molar-refractivity contribution is 7.90. The number of piperidine rings is 2. The summed E-state index contributed by atoms with van der Waals surface area (Å²) < 4.78 is 49.0. The van der Waals surface area contributed by atoms with Crippen LogP contribution in [0.15, 0.2) is 83.9 Å². The average molecular weight is 1060 g/mol. The number of carbonyl (C=O) groups excluding carboxylic acids is 1. The number of rotatable bonds is 12. The standard InChI is InChI=1S/C57H71N9O9S/c1-37-5-3-4-6-44(37)48-30-41(63-24-27-73-28-25-63)14-21-64(48)42-33-57(34-42)18-22-62(23-19-57)40-7-9-45(49(31-40)65-47-15-26-74-36-52(47)75-55-51(65)29-39-13-20-58-53(39)60-55)54(67)61-76(71,72)43-8-10-46(50(32-43)66(69)70)59-35-38-11-16-56(2,68)17-12-38/h3-10,13,20,29,31-32,38,41-42,47-48,52,59,68H,11-12,14-19,21-28,30,33-36H2,1-2H3,(H,58,60)(H,61,67)/t38?,41-,47+,48+,52+,56?/m1/s1. The number of aliphatic hydroxyl groups is 1. The van der Waals surface area contributed by atoms with Gasteiger partial charge in [0.05, 0.1) is 52.5 Å². The van der Waals surface area contributed by atoms with Crippen LogP contribution in [-0.4, -0.2) is 140 Å². The van der Waals surface area contributed by atoms with Gasteiger partial charge in [-0.05, 0) is 149 Å². The number of likely N-dealkylation sites (tertiary alicyclic amines) is 1. The molecule has 6 fully saturated rings. The molecule has 2 saturated carbocycles. The van der Waals surface area contributed by atoms with Gasteiger partial charge >= 0.3 is 0 Å². The second-order valence-corrected chi connectivity index (χ2v) is 24.7. The van der Waals surface area contributed by atoms with Crippen molar-refractivity contribution in [1.29, 1.82) is 0 Å². The van der Waals surface area contributed by atoms with Gasteiger partial charge in [-0.25, -0.2) is 13.1 Å². The Morgan fingerprint density at radius 3 is 2.46 bits per heavy atom. The highest BCUT2D eigenvalue weighted by Crippen LogP contribution is 2.54. The summed E-state index contributed by atoms with van der Waals surface area (Å²) in [6.45, 7) is 11.7. The molecule has 18 nitrogen and oxygen atoms in total. The maximum absolute atomic E-state index is 14.8. The molecule has 76 heavy (non-hydrogen) atoms. The first-order valence-electron chi connectivity index (χ1n) is 27.6. The van der Waals surface area contributed by atoms with Crippen LogP contribution >= 0.6 is 0 Å². The van der Waals surface area contributed by atoms with Gasteiger partial charge in [-0.1, -0.05) is 24.3 Å². The molecule has 4 saturated heterocycles. The molecule has 5 aromatic rings. The van der Waals surface area contributed by atoms with Gasteiger partial charge in [0.1, 0.15) is 23.1 Å². The van der Waals surface area contributed by atoms with Crippen LogP contribution in [0.2, 0.25) is 0 Å². The number of hydrogen-bond acceptors (Lipinski definition) is 15. The van der Waals surface area contributed by atoms with Crippen LogP contribution in [0, 0.1) is 28.4 Å². The number of sulfonamides is 1. The molecule has 5 aliphatic heterocycles. The van der Waals surface area contributed by atoms with E-state index in [9.17, 15) is 28.4 Å². The molecular formula is C57H71N9O9S. The predicted molar refractivity (Wildman–Crippen MR) is 290 cm³/mol. The van der Waals surface area contributed by atoms with E-state index in [0.29, 0.717) is 80.0 Å². The first-order chi connectivity index (χ1) is 36.7. The highest BCUT2D eigenvalue weighted by atomic mass is 32.2. The fourth-order valence-electron chi connectivity index (χ4n) is 13.8. The van der Waals surface area contributed by atoms with Gasteiger partial charge in [-0.15, -0.1) is 0 Å². The first-order valence-corrected chi connectivity index (χ1v) is 29.0. The van der Waals surface area contributed by atoms with Gasteiger partial charge < -0.3 is 39.4 Å². The number of amides is 1. The highest BCUT2D eigenvalue weighted by Gasteiger charge is 2.51. The number of anilines is 4. The molecular weight excluding hydrogens is 987 g/mol. The molecule has 1 spiro atoms. The smallest absolute Gasteiger partial charge is 0.293 e. The molecule has 2 aliphatic carbocycles. The second kappa shape index (κ2) is 20.5. The minimum Gasteiger partial charge on any atom is -0.468 e. The SMILES string of the molecule is Cc1ccccc1[C@@H]1C[C@H](N2CCOCC2)CCN1C1CC2(CCN(c3ccc(C(=O)NS(=O)(=O)c4ccc(NCC5CCC(C)(O)CC5)c([N+](=O)[O-])c4)c(N4c5cc6cc[nH]c6nc5O[C@H]5COCC[C@@H]54)c3)CC2)C1. The molecule has 0 unspecified atom stereocenters. The summed E-state index contributed by atoms with van der Waals surface area (Å²) in [6, 6.07) is 23.4. The summed E-state index contributed by atoms with van der Waals surface area (Å²) in [4.78, 5) is 44.2. The number of aromatic nitrogens is 2. The Morgan fingerprint density at radius 2 is 1.68 bits per heavy atom. The van der Waals surface area contributed by atoms with Crippen molar-refractivity contribution in [3.63, 3.8) is 0 Å². The van der Waals surface area contributed by atoms with Crippen LogP contribution in [-0.2, 0) is 19.5 Å². The Morgan fingerprint density at radius 1 is 0.895 bits per heavy atom. The van der Waals surface area contributed by atoms with E-state index >= 15 is 0 Å². The summed E-state index contributed by atoms with van der Waals surface area (Å²) in [5, 5.41) is 26.8. The van der Waals surface area contributed by atoms with E-state index in [0.717, 1.165) is 95.2 Å². The number of fused-ring (bicyclic) bond motifs is 3. The fourth-order valence-corrected chi connectivity index (χ4v) is 14.8. The maximum Gasteiger partial charge on any atom is 0.293 e. The minimum absolute atomic E-state index is 0.120. The zero-order chi connectivity index (χ0) is 52.3. The lowest BCUT2D eigenvalue weighted by Gasteiger charge is -2.58. The lowest BCUT2D eigenvalue weighted by atomic mass is 9.59. The lowest BCUT2D eigenvalue weighted by Crippen LogP contribution is -2.59. The summed E-state index contributed by atoms with van der Waals surface area (Å²) >= 11 is 0. The number of aryl methyl sites for hydroxylation is 1. The van der Waals surface area contributed by atoms with Gasteiger partial charge in [0.15, 0.2) is 0 Å². The van der Waals surface area contributed by atoms with Crippen molar-refractivity contribution in [2.24, 2.45) is 11.3 Å². The van der Waals surface area contributed by atoms with Crippen molar-refractivity contribution < 1.29 is 37.5 Å². The Kier molecular flexibility index (Phi) is 13.8. The molecule has 3 aromatic carbocycles. The monoisotopic (exact) mass is 1060 g/mol. The number of carbonyl (C=O) groups is 1. The molecule has 4 atom stereocenters. The average Bonchev–Trinajstić information content (AvgIpc) is 3.88. The van der Waals surface area contributed by atoms with Gasteiger partial charge in [0.25, 0.3) is 21.6 Å². The largest absolute Gasteiger partial charge is 0.468 e. The molecule has 7 heterocycles. The van der Waals surface area contributed by atoms with E-state index in [1.54, 1.807) is 6.07 Å². The summed E-state index contributed by atoms with van der Waals surface area (Å²) in [5.41, 5.74) is 4.97. The van der Waals surface area contributed by atoms with Crippen molar-refractivity contribution in [3.8, 4) is 5.88 Å². The molecule has 1 amide bonds. The summed E-state index contributed by atoms with van der Waals surface area (Å²) in [7, 11) is -4.62. The lowest BCUT2D eigenvalue weighted by molar-refractivity contribution is -0.384. The van der Waals surface area contributed by atoms with Crippen LogP contribution < -0.4 is 24.6 Å². The molecule has 0 bridgehead atoms. The van der Waals surface area contributed by atoms with E-state index in [1.165, 1.54) is 42.5 Å². The number of H-pyrrole nitrogens is 1. The number of morpholine rings is 1. The number of benzene rings is 3. The number of ether oxygens (including phenoxy) is 3. The Bertz CT molecular complexity index is 3080. The van der Waals surface area contributed by atoms with E-state index in [4.69, 9.17) is 19.2 Å². The molecule has 0 radical (unpaired) electrons. The Hall–Kier alpha value is -5.83. The number of nitro benzene ring substituents is 1. The van der Waals surface area contributed by atoms with E-state index in [-0.39, 0.29) is 28.6 Å². The zero-order valence-electron chi connectivity index (χ0n) is 43.6. The van der Waals surface area contributed by atoms with Crippen molar-refractivity contribution in [3.05, 3.63) is 106 Å². The molecule has 404 valence electrons. The van der Waals surface area contributed by atoms with Gasteiger partial charge in [-0.2, -0.15) is 4.98 Å². The van der Waals surface area contributed by atoms with E-state index < -0.39 is 43.1 Å². The molecule has 12 rings (SSSR count). The third-order valence-electron chi connectivity index (χ3n) is 18.3. The maximum atomic E-state index is 14.8. The number of nitrogens with zero attached hydrogens (tertiary/aromatic N) is 6. The van der Waals surface area contributed by atoms with Crippen LogP contribution in [0.3, 0.4) is 0 Å². The quantitative estimate of drug-likeness (QED) is 0.0686. The van der Waals surface area contributed by atoms with Crippen molar-refractivity contribution in [2.75, 3.05) is 80.8 Å². The molecule has 4 N–H and O–H groups in total. The second-order valence-electron chi connectivity index (χ2n) is 23.1. The van der Waals surface area contributed by atoms with Gasteiger partial charge in [0, 0.05) is 87.3 Å². The summed E-state index contributed by atoms with van der Waals surface area (Å²) in [5.74, 6) is -0.303. The number of nitro groups is 1. The van der Waals surface area contributed by atoms with Gasteiger partial charge in [-0.3, -0.25) is 24.7 Å². The van der Waals surface area contributed by atoms with E-state index in [2.05, 4.69) is 65.8 Å². The number of hydrogen-bond donors (Lipinski definition) is 4. The first kappa shape index (κ1) is 51.0. The third kappa shape index (κ3) is 10.0. The van der Waals surface area contributed by atoms with Crippen molar-refractivity contribution >= 4 is 55.4 Å². The Balaban J connectivity index is 0.804.